The Bertz CT molecular complexity index is 174. The predicted molar refractivity (Wildman–Crippen MR) is 76.4 cm³/mol. The van der Waals surface area contributed by atoms with Gasteiger partial charge in [-0.25, -0.2) is 0 Å². The van der Waals surface area contributed by atoms with Crippen LogP contribution in [0.3, 0.4) is 0 Å². The molecule has 2 heteroatoms. The van der Waals surface area contributed by atoms with E-state index in [1.54, 1.807) is 0 Å². The van der Waals surface area contributed by atoms with Crippen molar-refractivity contribution >= 4 is 0 Å². The van der Waals surface area contributed by atoms with E-state index in [1.807, 2.05) is 0 Å². The lowest BCUT2D eigenvalue weighted by molar-refractivity contribution is 0.189. The first kappa shape index (κ1) is 15.0. The number of hydrogen-bond donors (Lipinski definition) is 1. The summed E-state index contributed by atoms with van der Waals surface area (Å²) in [6.45, 7) is 11.8. The molecule has 0 radical (unpaired) electrons. The average Bonchev–Trinajstić information content (AvgIpc) is 2.81. The van der Waals surface area contributed by atoms with Gasteiger partial charge < -0.3 is 5.32 Å². The van der Waals surface area contributed by atoms with Crippen LogP contribution in [0.15, 0.2) is 0 Å². The predicted octanol–water partition coefficient (Wildman–Crippen LogP) is 3.28. The van der Waals surface area contributed by atoms with E-state index in [4.69, 9.17) is 0 Å². The van der Waals surface area contributed by atoms with Gasteiger partial charge in [-0.15, -0.1) is 0 Å². The quantitative estimate of drug-likeness (QED) is 0.622. The number of nitrogens with one attached hydrogen (secondary N) is 1. The lowest BCUT2D eigenvalue weighted by atomic mass is 10.1. The summed E-state index contributed by atoms with van der Waals surface area (Å²) in [7, 11) is 0. The zero-order valence-corrected chi connectivity index (χ0v) is 12.2. The van der Waals surface area contributed by atoms with Crippen molar-refractivity contribution < 1.29 is 0 Å². The van der Waals surface area contributed by atoms with Crippen LogP contribution in [0.1, 0.15) is 59.3 Å². The van der Waals surface area contributed by atoms with Crippen molar-refractivity contribution in [3.8, 4) is 0 Å². The van der Waals surface area contributed by atoms with Gasteiger partial charge in [-0.05, 0) is 44.7 Å². The van der Waals surface area contributed by atoms with Crippen LogP contribution in [0.25, 0.3) is 0 Å². The largest absolute Gasteiger partial charge is 0.315 e. The second-order valence-electron chi connectivity index (χ2n) is 5.91. The summed E-state index contributed by atoms with van der Waals surface area (Å²) in [5.41, 5.74) is 0. The molecule has 1 aliphatic carbocycles. The van der Waals surface area contributed by atoms with Crippen LogP contribution < -0.4 is 5.32 Å². The Labute approximate surface area is 108 Å². The van der Waals surface area contributed by atoms with Crippen molar-refractivity contribution in [2.24, 2.45) is 5.92 Å². The van der Waals surface area contributed by atoms with Gasteiger partial charge in [-0.1, -0.05) is 33.6 Å². The third-order valence-electron chi connectivity index (χ3n) is 3.84. The summed E-state index contributed by atoms with van der Waals surface area (Å²) in [6, 6.07) is 0.886. The molecule has 0 aromatic carbocycles. The summed E-state index contributed by atoms with van der Waals surface area (Å²) in [5, 5.41) is 3.53. The Balaban J connectivity index is 2.24. The lowest BCUT2D eigenvalue weighted by Crippen LogP contribution is -2.39. The van der Waals surface area contributed by atoms with Crippen LogP contribution in [-0.4, -0.2) is 37.1 Å². The van der Waals surface area contributed by atoms with Gasteiger partial charge in [-0.2, -0.15) is 0 Å². The molecule has 1 rings (SSSR count). The number of nitrogens with zero attached hydrogens (tertiary/aromatic N) is 1. The summed E-state index contributed by atoms with van der Waals surface area (Å²) in [4.78, 5) is 2.75. The third-order valence-corrected chi connectivity index (χ3v) is 3.84. The maximum atomic E-state index is 3.53. The second-order valence-corrected chi connectivity index (χ2v) is 5.91. The first-order chi connectivity index (χ1) is 8.24. The molecule has 2 nitrogen and oxygen atoms in total. The summed E-state index contributed by atoms with van der Waals surface area (Å²) < 4.78 is 0. The highest BCUT2D eigenvalue weighted by molar-refractivity contribution is 4.78. The normalized spacial score (nSPS) is 17.5. The molecule has 1 fully saturated rings. The second kappa shape index (κ2) is 8.93. The monoisotopic (exact) mass is 240 g/mol. The van der Waals surface area contributed by atoms with E-state index in [1.165, 1.54) is 64.7 Å². The first-order valence-electron chi connectivity index (χ1n) is 7.68. The minimum absolute atomic E-state index is 0.836. The number of rotatable bonds is 9. The van der Waals surface area contributed by atoms with Gasteiger partial charge in [0.1, 0.15) is 0 Å². The molecule has 1 saturated carbocycles. The van der Waals surface area contributed by atoms with E-state index in [0.717, 1.165) is 12.0 Å². The molecular formula is C15H32N2. The molecule has 0 bridgehead atoms. The van der Waals surface area contributed by atoms with E-state index < -0.39 is 0 Å². The fourth-order valence-corrected chi connectivity index (χ4v) is 2.69. The van der Waals surface area contributed by atoms with Crippen LogP contribution in [0.5, 0.6) is 0 Å². The topological polar surface area (TPSA) is 15.3 Å². The van der Waals surface area contributed by atoms with Crippen molar-refractivity contribution in [2.45, 2.75) is 65.3 Å². The van der Waals surface area contributed by atoms with Gasteiger partial charge in [0.15, 0.2) is 0 Å². The molecule has 102 valence electrons. The van der Waals surface area contributed by atoms with E-state index in [2.05, 4.69) is 31.0 Å². The molecule has 17 heavy (non-hydrogen) atoms. The summed E-state index contributed by atoms with van der Waals surface area (Å²) in [6.07, 6.45) is 8.37. The smallest absolute Gasteiger partial charge is 0.0110 e. The molecule has 1 N–H and O–H groups in total. The van der Waals surface area contributed by atoms with E-state index in [9.17, 15) is 0 Å². The highest BCUT2D eigenvalue weighted by atomic mass is 15.2. The molecule has 0 atom stereocenters. The zero-order valence-electron chi connectivity index (χ0n) is 12.2. The van der Waals surface area contributed by atoms with Gasteiger partial charge in [-0.3, -0.25) is 4.90 Å². The van der Waals surface area contributed by atoms with Crippen LogP contribution in [0.2, 0.25) is 0 Å². The Hall–Kier alpha value is -0.0800. The molecular weight excluding hydrogens is 208 g/mol. The molecule has 0 spiro atoms. The number of hydrogen-bond acceptors (Lipinski definition) is 2. The average molecular weight is 240 g/mol. The fourth-order valence-electron chi connectivity index (χ4n) is 2.69. The zero-order chi connectivity index (χ0) is 12.5. The molecule has 0 aromatic heterocycles. The minimum atomic E-state index is 0.836. The Morgan fingerprint density at radius 2 is 1.82 bits per heavy atom. The van der Waals surface area contributed by atoms with Gasteiger partial charge in [0.2, 0.25) is 0 Å². The maximum absolute atomic E-state index is 3.53. The highest BCUT2D eigenvalue weighted by Gasteiger charge is 2.21. The fraction of sp³-hybridized carbons (Fsp3) is 1.00. The van der Waals surface area contributed by atoms with Gasteiger partial charge in [0.25, 0.3) is 0 Å². The Kier molecular flexibility index (Phi) is 7.87. The van der Waals surface area contributed by atoms with Crippen molar-refractivity contribution in [1.29, 1.82) is 0 Å². The maximum Gasteiger partial charge on any atom is 0.0110 e. The summed E-state index contributed by atoms with van der Waals surface area (Å²) >= 11 is 0. The van der Waals surface area contributed by atoms with Crippen molar-refractivity contribution in [1.82, 2.24) is 10.2 Å². The molecule has 0 unspecified atom stereocenters. The highest BCUT2D eigenvalue weighted by Crippen LogP contribution is 2.23. The van der Waals surface area contributed by atoms with E-state index in [-0.39, 0.29) is 0 Å². The van der Waals surface area contributed by atoms with Gasteiger partial charge in [0, 0.05) is 19.1 Å². The molecule has 0 aromatic rings. The Morgan fingerprint density at radius 1 is 1.12 bits per heavy atom. The third kappa shape index (κ3) is 6.42. The van der Waals surface area contributed by atoms with Crippen molar-refractivity contribution in [3.05, 3.63) is 0 Å². The minimum Gasteiger partial charge on any atom is -0.315 e. The van der Waals surface area contributed by atoms with Gasteiger partial charge >= 0.3 is 0 Å². The van der Waals surface area contributed by atoms with E-state index >= 15 is 0 Å². The molecule has 1 aliphatic rings. The molecule has 0 saturated heterocycles. The van der Waals surface area contributed by atoms with Crippen LogP contribution in [0, 0.1) is 5.92 Å². The molecule has 0 heterocycles. The van der Waals surface area contributed by atoms with Crippen molar-refractivity contribution in [3.63, 3.8) is 0 Å². The van der Waals surface area contributed by atoms with Crippen LogP contribution >= 0.6 is 0 Å². The lowest BCUT2D eigenvalue weighted by Gasteiger charge is -2.29. The Morgan fingerprint density at radius 3 is 2.41 bits per heavy atom. The SMILES string of the molecule is CCCNCCN(CCC(C)C)C1CCCC1. The first-order valence-corrected chi connectivity index (χ1v) is 7.68. The van der Waals surface area contributed by atoms with Crippen LogP contribution in [0.4, 0.5) is 0 Å². The molecule has 0 aliphatic heterocycles. The summed E-state index contributed by atoms with van der Waals surface area (Å²) in [5.74, 6) is 0.836. The van der Waals surface area contributed by atoms with E-state index in [0.29, 0.717) is 0 Å². The van der Waals surface area contributed by atoms with Gasteiger partial charge in [0.05, 0.1) is 0 Å². The van der Waals surface area contributed by atoms with Crippen molar-refractivity contribution in [2.75, 3.05) is 26.2 Å². The molecule has 0 amide bonds. The van der Waals surface area contributed by atoms with Crippen LogP contribution in [-0.2, 0) is 0 Å². The standard InChI is InChI=1S/C15H32N2/c1-4-10-16-11-13-17(12-9-14(2)3)15-7-5-6-8-15/h14-16H,4-13H2,1-3H3.